The predicted octanol–water partition coefficient (Wildman–Crippen LogP) is 2.58. The summed E-state index contributed by atoms with van der Waals surface area (Å²) < 4.78 is 10.4. The van der Waals surface area contributed by atoms with E-state index in [1.54, 1.807) is 0 Å². The van der Waals surface area contributed by atoms with Crippen molar-refractivity contribution in [3.8, 4) is 0 Å². The summed E-state index contributed by atoms with van der Waals surface area (Å²) in [6.07, 6.45) is 1.08. The van der Waals surface area contributed by atoms with Gasteiger partial charge in [-0.05, 0) is 12.1 Å². The third-order valence-electron chi connectivity index (χ3n) is 2.82. The van der Waals surface area contributed by atoms with Gasteiger partial charge in [0.05, 0.1) is 23.7 Å². The molecule has 1 aromatic rings. The van der Waals surface area contributed by atoms with Gasteiger partial charge in [-0.3, -0.25) is 10.1 Å². The highest BCUT2D eigenvalue weighted by Crippen LogP contribution is 2.25. The number of halogens is 1. The van der Waals surface area contributed by atoms with E-state index in [9.17, 15) is 14.9 Å². The Kier molecular flexibility index (Phi) is 4.34. The molecule has 1 fully saturated rings. The van der Waals surface area contributed by atoms with Crippen LogP contribution in [0.5, 0.6) is 0 Å². The van der Waals surface area contributed by atoms with Crippen molar-refractivity contribution in [3.05, 3.63) is 38.9 Å². The molecule has 0 radical (unpaired) electrons. The number of esters is 1. The second-order valence-corrected chi connectivity index (χ2v) is 4.55. The smallest absolute Gasteiger partial charge is 0.338 e. The largest absolute Gasteiger partial charge is 0.459 e. The molecule has 0 saturated carbocycles. The van der Waals surface area contributed by atoms with Crippen LogP contribution in [-0.2, 0) is 9.47 Å². The standard InChI is InChI=1S/C12H12ClNO5/c13-10-2-1-8(7-11(10)14(16)17)12(15)19-9-3-5-18-6-4-9/h1-2,7,9H,3-6H2. The van der Waals surface area contributed by atoms with Gasteiger partial charge in [-0.2, -0.15) is 0 Å². The zero-order chi connectivity index (χ0) is 13.8. The highest BCUT2D eigenvalue weighted by atomic mass is 35.5. The fourth-order valence-electron chi connectivity index (χ4n) is 1.79. The van der Waals surface area contributed by atoms with Crippen LogP contribution in [0.15, 0.2) is 18.2 Å². The number of hydrogen-bond acceptors (Lipinski definition) is 5. The van der Waals surface area contributed by atoms with Gasteiger partial charge in [0.1, 0.15) is 11.1 Å². The van der Waals surface area contributed by atoms with Crippen molar-refractivity contribution >= 4 is 23.3 Å². The lowest BCUT2D eigenvalue weighted by molar-refractivity contribution is -0.384. The van der Waals surface area contributed by atoms with Gasteiger partial charge < -0.3 is 9.47 Å². The van der Waals surface area contributed by atoms with Crippen LogP contribution in [0.2, 0.25) is 5.02 Å². The molecule has 0 amide bonds. The number of carbonyl (C=O) groups is 1. The Balaban J connectivity index is 2.10. The third kappa shape index (κ3) is 3.42. The van der Waals surface area contributed by atoms with Crippen molar-refractivity contribution in [2.45, 2.75) is 18.9 Å². The van der Waals surface area contributed by atoms with E-state index in [1.165, 1.54) is 12.1 Å². The molecule has 6 nitrogen and oxygen atoms in total. The zero-order valence-electron chi connectivity index (χ0n) is 10.0. The van der Waals surface area contributed by atoms with E-state index in [-0.39, 0.29) is 22.4 Å². The summed E-state index contributed by atoms with van der Waals surface area (Å²) in [4.78, 5) is 22.0. The Labute approximate surface area is 114 Å². The van der Waals surface area contributed by atoms with Gasteiger partial charge in [0.2, 0.25) is 0 Å². The minimum atomic E-state index is -0.631. The van der Waals surface area contributed by atoms with E-state index < -0.39 is 10.9 Å². The van der Waals surface area contributed by atoms with Gasteiger partial charge in [-0.1, -0.05) is 11.6 Å². The van der Waals surface area contributed by atoms with Crippen LogP contribution in [0.4, 0.5) is 5.69 Å². The first kappa shape index (κ1) is 13.8. The van der Waals surface area contributed by atoms with Gasteiger partial charge >= 0.3 is 5.97 Å². The molecule has 0 atom stereocenters. The molecule has 0 unspecified atom stereocenters. The SMILES string of the molecule is O=C(OC1CCOCC1)c1ccc(Cl)c([N+](=O)[O-])c1. The quantitative estimate of drug-likeness (QED) is 0.484. The first-order valence-electron chi connectivity index (χ1n) is 5.80. The first-order valence-corrected chi connectivity index (χ1v) is 6.18. The van der Waals surface area contributed by atoms with Crippen molar-refractivity contribution in [2.75, 3.05) is 13.2 Å². The highest BCUT2D eigenvalue weighted by Gasteiger charge is 2.21. The minimum absolute atomic E-state index is 0.00684. The summed E-state index contributed by atoms with van der Waals surface area (Å²) in [5, 5.41) is 10.7. The second kappa shape index (κ2) is 5.99. The van der Waals surface area contributed by atoms with Crippen molar-refractivity contribution in [1.82, 2.24) is 0 Å². The molecule has 102 valence electrons. The number of benzene rings is 1. The molecule has 0 aromatic heterocycles. The highest BCUT2D eigenvalue weighted by molar-refractivity contribution is 6.32. The Hall–Kier alpha value is -1.66. The van der Waals surface area contributed by atoms with Crippen LogP contribution in [0.3, 0.4) is 0 Å². The number of nitro groups is 1. The molecule has 0 aliphatic carbocycles. The fourth-order valence-corrected chi connectivity index (χ4v) is 1.98. The Morgan fingerprint density at radius 2 is 2.11 bits per heavy atom. The van der Waals surface area contributed by atoms with E-state index in [4.69, 9.17) is 21.1 Å². The summed E-state index contributed by atoms with van der Waals surface area (Å²) in [5.74, 6) is -0.577. The number of carbonyl (C=O) groups excluding carboxylic acids is 1. The molecule has 7 heteroatoms. The lowest BCUT2D eigenvalue weighted by Gasteiger charge is -2.22. The predicted molar refractivity (Wildman–Crippen MR) is 67.4 cm³/mol. The second-order valence-electron chi connectivity index (χ2n) is 4.14. The van der Waals surface area contributed by atoms with Gasteiger partial charge in [-0.15, -0.1) is 0 Å². The lowest BCUT2D eigenvalue weighted by Crippen LogP contribution is -2.26. The fraction of sp³-hybridized carbons (Fsp3) is 0.417. The number of ether oxygens (including phenoxy) is 2. The topological polar surface area (TPSA) is 78.7 Å². The molecule has 0 spiro atoms. The van der Waals surface area contributed by atoms with Gasteiger partial charge in [-0.25, -0.2) is 4.79 Å². The monoisotopic (exact) mass is 285 g/mol. The number of nitro benzene ring substituents is 1. The van der Waals surface area contributed by atoms with E-state index in [0.29, 0.717) is 26.1 Å². The molecule has 1 aliphatic heterocycles. The van der Waals surface area contributed by atoms with Crippen LogP contribution in [-0.4, -0.2) is 30.2 Å². The number of rotatable bonds is 3. The Morgan fingerprint density at radius 1 is 1.42 bits per heavy atom. The summed E-state index contributed by atoms with van der Waals surface area (Å²) in [5.41, 5.74) is -0.175. The molecule has 2 rings (SSSR count). The minimum Gasteiger partial charge on any atom is -0.459 e. The maximum atomic E-state index is 11.9. The summed E-state index contributed by atoms with van der Waals surface area (Å²) in [6, 6.07) is 3.86. The van der Waals surface area contributed by atoms with E-state index in [1.807, 2.05) is 0 Å². The van der Waals surface area contributed by atoms with Crippen LogP contribution in [0.25, 0.3) is 0 Å². The molecule has 1 aromatic carbocycles. The van der Waals surface area contributed by atoms with E-state index in [2.05, 4.69) is 0 Å². The summed E-state index contributed by atoms with van der Waals surface area (Å²) >= 11 is 5.68. The van der Waals surface area contributed by atoms with Crippen LogP contribution < -0.4 is 0 Å². The average Bonchev–Trinajstić information content (AvgIpc) is 2.40. The van der Waals surface area contributed by atoms with Crippen LogP contribution in [0.1, 0.15) is 23.2 Å². The molecule has 1 saturated heterocycles. The maximum Gasteiger partial charge on any atom is 0.338 e. The van der Waals surface area contributed by atoms with Crippen LogP contribution >= 0.6 is 11.6 Å². The number of hydrogen-bond donors (Lipinski definition) is 0. The van der Waals surface area contributed by atoms with E-state index in [0.717, 1.165) is 6.07 Å². The van der Waals surface area contributed by atoms with Crippen LogP contribution in [0, 0.1) is 10.1 Å². The molecule has 0 bridgehead atoms. The normalized spacial score (nSPS) is 16.1. The molecule has 1 heterocycles. The maximum absolute atomic E-state index is 11.9. The summed E-state index contributed by atoms with van der Waals surface area (Å²) in [7, 11) is 0. The average molecular weight is 286 g/mol. The van der Waals surface area contributed by atoms with Gasteiger partial charge in [0.15, 0.2) is 0 Å². The van der Waals surface area contributed by atoms with E-state index >= 15 is 0 Å². The molecule has 19 heavy (non-hydrogen) atoms. The lowest BCUT2D eigenvalue weighted by atomic mass is 10.1. The molecule has 0 N–H and O–H groups in total. The summed E-state index contributed by atoms with van der Waals surface area (Å²) in [6.45, 7) is 1.11. The molecular formula is C12H12ClNO5. The van der Waals surface area contributed by atoms with Crippen molar-refractivity contribution in [1.29, 1.82) is 0 Å². The molecule has 1 aliphatic rings. The Morgan fingerprint density at radius 3 is 2.74 bits per heavy atom. The van der Waals surface area contributed by atoms with Gasteiger partial charge in [0, 0.05) is 18.9 Å². The molecular weight excluding hydrogens is 274 g/mol. The van der Waals surface area contributed by atoms with Gasteiger partial charge in [0.25, 0.3) is 5.69 Å². The Bertz CT molecular complexity index is 499. The van der Waals surface area contributed by atoms with Crippen molar-refractivity contribution < 1.29 is 19.2 Å². The third-order valence-corrected chi connectivity index (χ3v) is 3.14. The van der Waals surface area contributed by atoms with Crippen molar-refractivity contribution in [3.63, 3.8) is 0 Å². The van der Waals surface area contributed by atoms with Crippen molar-refractivity contribution in [2.24, 2.45) is 0 Å². The first-order chi connectivity index (χ1) is 9.08. The number of nitrogens with zero attached hydrogens (tertiary/aromatic N) is 1. The zero-order valence-corrected chi connectivity index (χ0v) is 10.8.